The van der Waals surface area contributed by atoms with Crippen molar-refractivity contribution >= 4 is 47.1 Å². The Hall–Kier alpha value is 1.30. The Labute approximate surface area is 214 Å². The fourth-order valence-electron chi connectivity index (χ4n) is 4.88. The Morgan fingerprint density at radius 1 is 0.500 bits per heavy atom. The summed E-state index contributed by atoms with van der Waals surface area (Å²) < 4.78 is 0. The van der Waals surface area contributed by atoms with E-state index in [1.54, 1.807) is 0 Å². The zero-order chi connectivity index (χ0) is 26.0. The number of rotatable bonds is 10. The molecule has 32 heavy (non-hydrogen) atoms. The normalized spacial score (nSPS) is 14.6. The second-order valence-corrected chi connectivity index (χ2v) is 55.0. The van der Waals surface area contributed by atoms with Crippen LogP contribution in [0.2, 0.25) is 47.3 Å². The first-order chi connectivity index (χ1) is 14.0. The molecule has 0 aromatic carbocycles. The quantitative estimate of drug-likeness (QED) is 0.243. The van der Waals surface area contributed by atoms with Gasteiger partial charge in [0, 0.05) is 18.1 Å². The van der Waals surface area contributed by atoms with E-state index in [4.69, 9.17) is 0 Å². The van der Waals surface area contributed by atoms with Crippen LogP contribution in [-0.2, 0) is 0 Å². The third kappa shape index (κ3) is 8.17. The van der Waals surface area contributed by atoms with Crippen molar-refractivity contribution in [2.75, 3.05) is 0 Å². The van der Waals surface area contributed by atoms with E-state index in [1.165, 1.54) is 18.1 Å². The van der Waals surface area contributed by atoms with Crippen molar-refractivity contribution in [1.29, 1.82) is 0 Å². The summed E-state index contributed by atoms with van der Waals surface area (Å²) >= 11 is 0. The van der Waals surface area contributed by atoms with Gasteiger partial charge in [-0.25, -0.2) is 0 Å². The summed E-state index contributed by atoms with van der Waals surface area (Å²) in [7, 11) is -0.250. The molecular formula is C26H60Si6. The van der Waals surface area contributed by atoms with E-state index in [1.807, 2.05) is 0 Å². The second-order valence-electron chi connectivity index (χ2n) is 14.8. The standard InChI is InChI=1S/C26H60Si6/c1-19(2)23(20(3)4)27-29(28-24(21(5)6)22(7)8)30(31(15,16)25(9,10)11)32(17,18)26(12,13)14/h19-24H,1-18H3. The van der Waals surface area contributed by atoms with E-state index in [0.29, 0.717) is 10.1 Å². The molecule has 0 N–H and O–H groups in total. The highest BCUT2D eigenvalue weighted by atomic mass is 29.9. The molecule has 4 radical (unpaired) electrons. The molecule has 0 unspecified atom stereocenters. The van der Waals surface area contributed by atoms with E-state index in [2.05, 4.69) is 123 Å². The lowest BCUT2D eigenvalue weighted by molar-refractivity contribution is 0.466. The molecule has 0 aromatic heterocycles. The van der Waals surface area contributed by atoms with Crippen molar-refractivity contribution in [2.24, 2.45) is 23.7 Å². The molecule has 0 amide bonds. The van der Waals surface area contributed by atoms with Crippen molar-refractivity contribution in [3.05, 3.63) is 0 Å². The van der Waals surface area contributed by atoms with Crippen LogP contribution in [0.15, 0.2) is 0 Å². The number of hydrogen-bond acceptors (Lipinski definition) is 0. The lowest BCUT2D eigenvalue weighted by Crippen LogP contribution is -2.68. The van der Waals surface area contributed by atoms with E-state index in [0.717, 1.165) is 34.8 Å². The van der Waals surface area contributed by atoms with Crippen LogP contribution in [0.5, 0.6) is 0 Å². The van der Waals surface area contributed by atoms with Gasteiger partial charge in [0.05, 0.1) is 15.2 Å². The van der Waals surface area contributed by atoms with Gasteiger partial charge in [0.1, 0.15) is 0 Å². The minimum Gasteiger partial charge on any atom is -0.0690 e. The van der Waals surface area contributed by atoms with Crippen molar-refractivity contribution in [3.63, 3.8) is 0 Å². The van der Waals surface area contributed by atoms with Gasteiger partial charge in [-0.1, -0.05) is 123 Å². The Bertz CT molecular complexity index is 547. The highest BCUT2D eigenvalue weighted by Gasteiger charge is 2.51. The van der Waals surface area contributed by atoms with Gasteiger partial charge in [-0.3, -0.25) is 0 Å². The fourth-order valence-corrected chi connectivity index (χ4v) is 121. The minimum absolute atomic E-state index is 0.357. The van der Waals surface area contributed by atoms with Crippen LogP contribution in [0.25, 0.3) is 0 Å². The van der Waals surface area contributed by atoms with Crippen LogP contribution in [0.4, 0.5) is 0 Å². The van der Waals surface area contributed by atoms with E-state index in [9.17, 15) is 0 Å². The zero-order valence-electron chi connectivity index (χ0n) is 25.5. The first-order valence-corrected chi connectivity index (χ1v) is 29.4. The largest absolute Gasteiger partial charge is 0.0690 e. The molecule has 0 aliphatic carbocycles. The van der Waals surface area contributed by atoms with Crippen LogP contribution >= 0.6 is 0 Å². The Morgan fingerprint density at radius 3 is 0.875 bits per heavy atom. The average molecular weight is 541 g/mol. The molecule has 0 aliphatic heterocycles. The minimum atomic E-state index is -1.39. The van der Waals surface area contributed by atoms with Crippen molar-refractivity contribution in [1.82, 2.24) is 0 Å². The van der Waals surface area contributed by atoms with Crippen LogP contribution < -0.4 is 0 Å². The maximum atomic E-state index is 2.85. The third-order valence-corrected chi connectivity index (χ3v) is 86.1. The lowest BCUT2D eigenvalue weighted by atomic mass is 10.00. The summed E-state index contributed by atoms with van der Waals surface area (Å²) in [5.74, 6) is 3.32. The molecule has 0 nitrogen and oxygen atoms in total. The molecule has 188 valence electrons. The van der Waals surface area contributed by atoms with Crippen LogP contribution in [0, 0.1) is 23.7 Å². The smallest absolute Gasteiger partial charge is 0.0554 e. The first kappa shape index (κ1) is 33.3. The summed E-state index contributed by atoms with van der Waals surface area (Å²) in [5, 5.41) is 1.02. The summed E-state index contributed by atoms with van der Waals surface area (Å²) in [6.07, 6.45) is 0. The van der Waals surface area contributed by atoms with Gasteiger partial charge < -0.3 is 0 Å². The summed E-state index contributed by atoms with van der Waals surface area (Å²) in [5.41, 5.74) is 1.87. The highest BCUT2D eigenvalue weighted by Crippen LogP contribution is 2.45. The van der Waals surface area contributed by atoms with Gasteiger partial charge in [-0.05, 0) is 58.7 Å². The molecule has 0 rings (SSSR count). The predicted octanol–water partition coefficient (Wildman–Crippen LogP) is 8.83. The van der Waals surface area contributed by atoms with E-state index < -0.39 is 15.2 Å². The van der Waals surface area contributed by atoms with Crippen molar-refractivity contribution in [2.45, 2.75) is 144 Å². The van der Waals surface area contributed by atoms with Gasteiger partial charge in [0.15, 0.2) is 0 Å². The average Bonchev–Trinajstić information content (AvgIpc) is 2.52. The highest BCUT2D eigenvalue weighted by molar-refractivity contribution is 7.76. The predicted molar refractivity (Wildman–Crippen MR) is 164 cm³/mol. The molecule has 0 atom stereocenters. The third-order valence-electron chi connectivity index (χ3n) is 8.74. The van der Waals surface area contributed by atoms with Crippen LogP contribution in [0.3, 0.4) is 0 Å². The Morgan fingerprint density at radius 2 is 0.719 bits per heavy atom. The fraction of sp³-hybridized carbons (Fsp3) is 1.00. The van der Waals surface area contributed by atoms with Crippen molar-refractivity contribution in [3.8, 4) is 0 Å². The lowest BCUT2D eigenvalue weighted by Gasteiger charge is -2.51. The molecule has 0 spiro atoms. The van der Waals surface area contributed by atoms with Crippen LogP contribution in [-0.4, -0.2) is 47.1 Å². The SMILES string of the molecule is CC(C)C([Si][Si]([Si]C(C(C)C)C(C)C)=[Si]([Si](C)(C)C(C)(C)C)[Si](C)(C)C(C)(C)C)C(C)C. The summed E-state index contributed by atoms with van der Waals surface area (Å²) in [6, 6.07) is 0. The van der Waals surface area contributed by atoms with Gasteiger partial charge in [0.25, 0.3) is 0 Å². The van der Waals surface area contributed by atoms with Gasteiger partial charge in [0.2, 0.25) is 0 Å². The zero-order valence-corrected chi connectivity index (χ0v) is 31.5. The number of hydrogen-bond donors (Lipinski definition) is 0. The molecule has 0 bridgehead atoms. The topological polar surface area (TPSA) is 0 Å². The molecule has 0 heterocycles. The van der Waals surface area contributed by atoms with E-state index in [-0.39, 0.29) is 13.9 Å². The summed E-state index contributed by atoms with van der Waals surface area (Å²) in [6.45, 7) is 46.6. The molecular weight excluding hydrogens is 481 g/mol. The van der Waals surface area contributed by atoms with Gasteiger partial charge >= 0.3 is 0 Å². The maximum absolute atomic E-state index is 2.85. The van der Waals surface area contributed by atoms with Gasteiger partial charge in [-0.2, -0.15) is 0 Å². The molecule has 6 heteroatoms. The Kier molecular flexibility index (Phi) is 12.5. The Balaban J connectivity index is 7.37. The van der Waals surface area contributed by atoms with Crippen LogP contribution in [0.1, 0.15) is 96.9 Å². The second kappa shape index (κ2) is 12.0. The molecule has 0 aromatic rings. The van der Waals surface area contributed by atoms with E-state index >= 15 is 0 Å². The maximum Gasteiger partial charge on any atom is 0.0554 e. The first-order valence-electron chi connectivity index (χ1n) is 13.3. The monoisotopic (exact) mass is 540 g/mol. The summed E-state index contributed by atoms with van der Waals surface area (Å²) in [4.78, 5) is 0. The van der Waals surface area contributed by atoms with Crippen molar-refractivity contribution < 1.29 is 0 Å². The molecule has 0 saturated carbocycles. The molecule has 0 saturated heterocycles. The van der Waals surface area contributed by atoms with Gasteiger partial charge in [-0.15, -0.1) is 0 Å². The molecule has 0 aliphatic rings. The molecule has 0 fully saturated rings.